The number of carbonyl (C=O) groups excluding carboxylic acids is 1. The van der Waals surface area contributed by atoms with Crippen molar-refractivity contribution in [3.8, 4) is 0 Å². The zero-order valence-electron chi connectivity index (χ0n) is 10.5. The van der Waals surface area contributed by atoms with Gasteiger partial charge in [-0.25, -0.2) is 0 Å². The lowest BCUT2D eigenvalue weighted by Gasteiger charge is -2.31. The van der Waals surface area contributed by atoms with Gasteiger partial charge in [-0.3, -0.25) is 4.79 Å². The number of hydrogen-bond donors (Lipinski definition) is 0. The number of hydrogen-bond acceptors (Lipinski definition) is 3. The molecule has 0 fully saturated rings. The third kappa shape index (κ3) is 2.62. The van der Waals surface area contributed by atoms with Gasteiger partial charge in [0.15, 0.2) is 0 Å². The monoisotopic (exact) mass is 241 g/mol. The zero-order chi connectivity index (χ0) is 12.3. The summed E-state index contributed by atoms with van der Waals surface area (Å²) >= 11 is 1.66. The number of likely N-dealkylation sites (N-methyl/N-ethyl adjacent to an activating group) is 1. The van der Waals surface area contributed by atoms with Crippen LogP contribution in [0.25, 0.3) is 0 Å². The van der Waals surface area contributed by atoms with E-state index in [4.69, 9.17) is 4.74 Å². The summed E-state index contributed by atoms with van der Waals surface area (Å²) < 4.78 is 5.20. The number of methoxy groups -OCH3 is 1. The van der Waals surface area contributed by atoms with E-state index in [9.17, 15) is 4.79 Å². The van der Waals surface area contributed by atoms with Crippen LogP contribution in [0.2, 0.25) is 0 Å². The SMILES string of the molecule is COC(C)(C)C(=O)N(C)C(C)c1cccs1. The highest BCUT2D eigenvalue weighted by atomic mass is 32.1. The van der Waals surface area contributed by atoms with Gasteiger partial charge in [0.05, 0.1) is 6.04 Å². The van der Waals surface area contributed by atoms with Gasteiger partial charge >= 0.3 is 0 Å². The van der Waals surface area contributed by atoms with Crippen molar-refractivity contribution in [1.82, 2.24) is 4.90 Å². The first-order chi connectivity index (χ1) is 7.40. The summed E-state index contributed by atoms with van der Waals surface area (Å²) in [5.41, 5.74) is -0.764. The van der Waals surface area contributed by atoms with E-state index in [1.807, 2.05) is 31.5 Å². The van der Waals surface area contributed by atoms with Crippen LogP contribution in [-0.4, -0.2) is 30.6 Å². The van der Waals surface area contributed by atoms with Crippen molar-refractivity contribution in [3.63, 3.8) is 0 Å². The van der Waals surface area contributed by atoms with Crippen molar-refractivity contribution in [2.75, 3.05) is 14.2 Å². The fourth-order valence-electron chi connectivity index (χ4n) is 1.41. The molecule has 1 amide bonds. The Morgan fingerprint density at radius 3 is 2.62 bits per heavy atom. The standard InChI is InChI=1S/C12H19NO2S/c1-9(10-7-6-8-16-10)13(4)11(14)12(2,3)15-5/h6-9H,1-5H3. The molecule has 0 aromatic carbocycles. The van der Waals surface area contributed by atoms with Crippen molar-refractivity contribution in [2.45, 2.75) is 32.4 Å². The van der Waals surface area contributed by atoms with E-state index in [1.165, 1.54) is 4.88 Å². The van der Waals surface area contributed by atoms with Crippen LogP contribution >= 0.6 is 11.3 Å². The van der Waals surface area contributed by atoms with Crippen LogP contribution in [0.15, 0.2) is 17.5 Å². The maximum atomic E-state index is 12.1. The van der Waals surface area contributed by atoms with E-state index < -0.39 is 5.60 Å². The Bertz CT molecular complexity index is 346. The zero-order valence-corrected chi connectivity index (χ0v) is 11.3. The molecule has 90 valence electrons. The van der Waals surface area contributed by atoms with Crippen LogP contribution < -0.4 is 0 Å². The van der Waals surface area contributed by atoms with Crippen LogP contribution in [0.5, 0.6) is 0 Å². The van der Waals surface area contributed by atoms with E-state index in [0.717, 1.165) is 0 Å². The van der Waals surface area contributed by atoms with Crippen molar-refractivity contribution in [1.29, 1.82) is 0 Å². The maximum Gasteiger partial charge on any atom is 0.254 e. The molecule has 1 aromatic rings. The van der Waals surface area contributed by atoms with E-state index in [2.05, 4.69) is 0 Å². The Morgan fingerprint density at radius 2 is 2.19 bits per heavy atom. The number of ether oxygens (including phenoxy) is 1. The van der Waals surface area contributed by atoms with Crippen LogP contribution in [0.3, 0.4) is 0 Å². The second-order valence-corrected chi connectivity index (χ2v) is 5.30. The average Bonchev–Trinajstić information content (AvgIpc) is 2.79. The molecule has 0 saturated carbocycles. The Hall–Kier alpha value is -0.870. The van der Waals surface area contributed by atoms with Crippen LogP contribution in [0.4, 0.5) is 0 Å². The lowest BCUT2D eigenvalue weighted by molar-refractivity contribution is -0.151. The highest BCUT2D eigenvalue weighted by Crippen LogP contribution is 2.25. The van der Waals surface area contributed by atoms with Gasteiger partial charge in [-0.1, -0.05) is 6.07 Å². The van der Waals surface area contributed by atoms with Crippen LogP contribution in [0.1, 0.15) is 31.7 Å². The Labute approximate surface area is 101 Å². The molecule has 1 rings (SSSR count). The van der Waals surface area contributed by atoms with Crippen molar-refractivity contribution >= 4 is 17.2 Å². The molecule has 0 N–H and O–H groups in total. The molecule has 4 heteroatoms. The summed E-state index contributed by atoms with van der Waals surface area (Å²) in [6.45, 7) is 5.59. The minimum absolute atomic E-state index is 0.00380. The average molecular weight is 241 g/mol. The first-order valence-electron chi connectivity index (χ1n) is 5.26. The third-order valence-electron chi connectivity index (χ3n) is 2.88. The second kappa shape index (κ2) is 4.97. The van der Waals surface area contributed by atoms with E-state index in [-0.39, 0.29) is 11.9 Å². The predicted molar refractivity (Wildman–Crippen MR) is 66.6 cm³/mol. The number of carbonyl (C=O) groups is 1. The van der Waals surface area contributed by atoms with Gasteiger partial charge in [-0.2, -0.15) is 0 Å². The molecule has 0 spiro atoms. The first-order valence-corrected chi connectivity index (χ1v) is 6.14. The minimum Gasteiger partial charge on any atom is -0.369 e. The molecule has 0 aliphatic rings. The second-order valence-electron chi connectivity index (χ2n) is 4.32. The molecule has 1 aromatic heterocycles. The summed E-state index contributed by atoms with van der Waals surface area (Å²) in [6, 6.07) is 4.12. The van der Waals surface area contributed by atoms with Crippen molar-refractivity contribution in [3.05, 3.63) is 22.4 Å². The van der Waals surface area contributed by atoms with Gasteiger partial charge in [-0.05, 0) is 32.2 Å². The predicted octanol–water partition coefficient (Wildman–Crippen LogP) is 2.69. The summed E-state index contributed by atoms with van der Waals surface area (Å²) in [5, 5.41) is 2.02. The Balaban J connectivity index is 2.79. The molecule has 3 nitrogen and oxygen atoms in total. The highest BCUT2D eigenvalue weighted by Gasteiger charge is 2.32. The summed E-state index contributed by atoms with van der Waals surface area (Å²) in [6.07, 6.45) is 0. The van der Waals surface area contributed by atoms with Gasteiger partial charge in [0.1, 0.15) is 5.60 Å². The molecule has 1 atom stereocenters. The van der Waals surface area contributed by atoms with Gasteiger partial charge in [-0.15, -0.1) is 11.3 Å². The topological polar surface area (TPSA) is 29.5 Å². The minimum atomic E-state index is -0.764. The molecular weight excluding hydrogens is 222 g/mol. The number of thiophene rings is 1. The molecule has 0 saturated heterocycles. The Morgan fingerprint density at radius 1 is 1.56 bits per heavy atom. The highest BCUT2D eigenvalue weighted by molar-refractivity contribution is 7.10. The van der Waals surface area contributed by atoms with Crippen LogP contribution in [0, 0.1) is 0 Å². The van der Waals surface area contributed by atoms with Crippen molar-refractivity contribution < 1.29 is 9.53 Å². The molecule has 16 heavy (non-hydrogen) atoms. The fourth-order valence-corrected chi connectivity index (χ4v) is 2.23. The molecule has 1 unspecified atom stereocenters. The molecule has 0 radical (unpaired) electrons. The van der Waals surface area contributed by atoms with E-state index >= 15 is 0 Å². The van der Waals surface area contributed by atoms with Gasteiger partial charge in [0.2, 0.25) is 0 Å². The summed E-state index contributed by atoms with van der Waals surface area (Å²) in [5.74, 6) is -0.00380. The molecule has 0 bridgehead atoms. The maximum absolute atomic E-state index is 12.1. The fraction of sp³-hybridized carbons (Fsp3) is 0.583. The van der Waals surface area contributed by atoms with Crippen LogP contribution in [-0.2, 0) is 9.53 Å². The number of rotatable bonds is 4. The lowest BCUT2D eigenvalue weighted by atomic mass is 10.1. The summed E-state index contributed by atoms with van der Waals surface area (Å²) in [4.78, 5) is 15.1. The molecule has 0 aliphatic carbocycles. The summed E-state index contributed by atoms with van der Waals surface area (Å²) in [7, 11) is 3.37. The lowest BCUT2D eigenvalue weighted by Crippen LogP contribution is -2.45. The number of nitrogens with zero attached hydrogens (tertiary/aromatic N) is 1. The first kappa shape index (κ1) is 13.2. The normalized spacial score (nSPS) is 13.6. The quantitative estimate of drug-likeness (QED) is 0.811. The van der Waals surface area contributed by atoms with Crippen molar-refractivity contribution in [2.24, 2.45) is 0 Å². The molecule has 0 aliphatic heterocycles. The molecule has 1 heterocycles. The van der Waals surface area contributed by atoms with E-state index in [1.54, 1.807) is 37.2 Å². The number of amides is 1. The van der Waals surface area contributed by atoms with E-state index in [0.29, 0.717) is 0 Å². The third-order valence-corrected chi connectivity index (χ3v) is 3.92. The Kier molecular flexibility index (Phi) is 4.10. The largest absolute Gasteiger partial charge is 0.369 e. The van der Waals surface area contributed by atoms with Gasteiger partial charge in [0.25, 0.3) is 5.91 Å². The molecular formula is C12H19NO2S. The van der Waals surface area contributed by atoms with Gasteiger partial charge < -0.3 is 9.64 Å². The smallest absolute Gasteiger partial charge is 0.254 e. The van der Waals surface area contributed by atoms with Gasteiger partial charge in [0, 0.05) is 19.0 Å².